The van der Waals surface area contributed by atoms with Crippen molar-refractivity contribution in [2.45, 2.75) is 13.5 Å². The first-order chi connectivity index (χ1) is 10.1. The van der Waals surface area contributed by atoms with Gasteiger partial charge in [-0.25, -0.2) is 4.68 Å². The summed E-state index contributed by atoms with van der Waals surface area (Å²) in [6.45, 7) is 2.66. The number of aromatic nitrogens is 4. The van der Waals surface area contributed by atoms with Gasteiger partial charge in [0.15, 0.2) is 5.82 Å². The maximum Gasteiger partial charge on any atom is 0.184 e. The zero-order chi connectivity index (χ0) is 14.8. The van der Waals surface area contributed by atoms with Crippen LogP contribution in [-0.2, 0) is 6.54 Å². The van der Waals surface area contributed by atoms with Gasteiger partial charge >= 0.3 is 0 Å². The molecular formula is C15H16N6. The summed E-state index contributed by atoms with van der Waals surface area (Å²) in [5, 5.41) is 11.9. The van der Waals surface area contributed by atoms with E-state index in [1.54, 1.807) is 16.8 Å². The van der Waals surface area contributed by atoms with E-state index >= 15 is 0 Å². The van der Waals surface area contributed by atoms with Gasteiger partial charge in [0.25, 0.3) is 0 Å². The maximum atomic E-state index is 6.02. The Balaban J connectivity index is 2.00. The Morgan fingerprint density at radius 1 is 1.10 bits per heavy atom. The molecule has 0 aliphatic heterocycles. The number of aryl methyl sites for hydroxylation is 1. The Morgan fingerprint density at radius 2 is 1.90 bits per heavy atom. The minimum Gasteiger partial charge on any atom is -0.399 e. The van der Waals surface area contributed by atoms with Crippen molar-refractivity contribution in [2.75, 3.05) is 11.5 Å². The summed E-state index contributed by atoms with van der Waals surface area (Å²) in [7, 11) is 0. The van der Waals surface area contributed by atoms with E-state index in [1.807, 2.05) is 18.2 Å². The van der Waals surface area contributed by atoms with E-state index in [4.69, 9.17) is 11.5 Å². The van der Waals surface area contributed by atoms with E-state index in [2.05, 4.69) is 34.6 Å². The highest BCUT2D eigenvalue weighted by Gasteiger charge is 2.13. The van der Waals surface area contributed by atoms with Gasteiger partial charge in [-0.3, -0.25) is 0 Å². The van der Waals surface area contributed by atoms with Crippen LogP contribution in [0.25, 0.3) is 11.4 Å². The van der Waals surface area contributed by atoms with Crippen molar-refractivity contribution < 1.29 is 0 Å². The first-order valence-electron chi connectivity index (χ1n) is 6.61. The highest BCUT2D eigenvalue weighted by atomic mass is 15.5. The Morgan fingerprint density at radius 3 is 2.67 bits per heavy atom. The molecule has 21 heavy (non-hydrogen) atoms. The lowest BCUT2D eigenvalue weighted by Gasteiger charge is -2.09. The molecule has 106 valence electrons. The van der Waals surface area contributed by atoms with Crippen LogP contribution in [0.4, 0.5) is 11.4 Å². The lowest BCUT2D eigenvalue weighted by molar-refractivity contribution is 0.651. The number of hydrogen-bond acceptors (Lipinski definition) is 5. The van der Waals surface area contributed by atoms with Crippen LogP contribution in [0.2, 0.25) is 0 Å². The summed E-state index contributed by atoms with van der Waals surface area (Å²) in [5.41, 5.74) is 16.1. The highest BCUT2D eigenvalue weighted by molar-refractivity contribution is 5.74. The van der Waals surface area contributed by atoms with Crippen LogP contribution in [0, 0.1) is 6.92 Å². The van der Waals surface area contributed by atoms with Crippen molar-refractivity contribution in [1.29, 1.82) is 0 Å². The topological polar surface area (TPSA) is 95.6 Å². The predicted octanol–water partition coefficient (Wildman–Crippen LogP) is 1.86. The summed E-state index contributed by atoms with van der Waals surface area (Å²) in [4.78, 5) is 0. The van der Waals surface area contributed by atoms with E-state index in [-0.39, 0.29) is 0 Å². The van der Waals surface area contributed by atoms with E-state index in [0.29, 0.717) is 23.7 Å². The van der Waals surface area contributed by atoms with Gasteiger partial charge < -0.3 is 11.5 Å². The van der Waals surface area contributed by atoms with Crippen LogP contribution in [0.1, 0.15) is 11.1 Å². The molecule has 1 aromatic heterocycles. The van der Waals surface area contributed by atoms with Gasteiger partial charge in [0.2, 0.25) is 0 Å². The van der Waals surface area contributed by atoms with E-state index < -0.39 is 0 Å². The maximum absolute atomic E-state index is 6.02. The SMILES string of the molecule is Cc1ccccc1Cn1nnnc1-c1ccc(N)cc1N. The summed E-state index contributed by atoms with van der Waals surface area (Å²) < 4.78 is 1.74. The number of nitrogen functional groups attached to an aromatic ring is 2. The largest absolute Gasteiger partial charge is 0.399 e. The third-order valence-corrected chi connectivity index (χ3v) is 3.43. The smallest absolute Gasteiger partial charge is 0.184 e. The zero-order valence-electron chi connectivity index (χ0n) is 11.7. The molecule has 0 atom stereocenters. The van der Waals surface area contributed by atoms with Gasteiger partial charge in [-0.15, -0.1) is 5.10 Å². The normalized spacial score (nSPS) is 10.7. The Bertz CT molecular complexity index is 777. The van der Waals surface area contributed by atoms with Gasteiger partial charge in [0.05, 0.1) is 6.54 Å². The second kappa shape index (κ2) is 5.24. The van der Waals surface area contributed by atoms with Gasteiger partial charge in [0.1, 0.15) is 0 Å². The molecule has 0 saturated heterocycles. The average molecular weight is 280 g/mol. The molecule has 6 heteroatoms. The van der Waals surface area contributed by atoms with Gasteiger partial charge in [0, 0.05) is 16.9 Å². The highest BCUT2D eigenvalue weighted by Crippen LogP contribution is 2.25. The summed E-state index contributed by atoms with van der Waals surface area (Å²) in [6.07, 6.45) is 0. The fraction of sp³-hybridized carbons (Fsp3) is 0.133. The molecule has 3 rings (SSSR count). The molecule has 0 aliphatic carbocycles. The Kier molecular flexibility index (Phi) is 3.27. The fourth-order valence-electron chi connectivity index (χ4n) is 2.24. The molecule has 0 spiro atoms. The minimum absolute atomic E-state index is 0.566. The van der Waals surface area contributed by atoms with Crippen molar-refractivity contribution in [2.24, 2.45) is 0 Å². The number of nitrogens with two attached hydrogens (primary N) is 2. The number of nitrogens with zero attached hydrogens (tertiary/aromatic N) is 4. The molecular weight excluding hydrogens is 264 g/mol. The number of rotatable bonds is 3. The van der Waals surface area contributed by atoms with Crippen molar-refractivity contribution in [3.8, 4) is 11.4 Å². The van der Waals surface area contributed by atoms with Gasteiger partial charge in [-0.1, -0.05) is 24.3 Å². The van der Waals surface area contributed by atoms with Crippen LogP contribution >= 0.6 is 0 Å². The number of benzene rings is 2. The minimum atomic E-state index is 0.566. The van der Waals surface area contributed by atoms with Gasteiger partial charge in [-0.2, -0.15) is 0 Å². The lowest BCUT2D eigenvalue weighted by Crippen LogP contribution is -2.06. The molecule has 3 aromatic rings. The van der Waals surface area contributed by atoms with Crippen LogP contribution in [0.15, 0.2) is 42.5 Å². The zero-order valence-corrected chi connectivity index (χ0v) is 11.7. The van der Waals surface area contributed by atoms with Crippen molar-refractivity contribution in [3.63, 3.8) is 0 Å². The molecule has 2 aromatic carbocycles. The second-order valence-corrected chi connectivity index (χ2v) is 4.93. The number of hydrogen-bond donors (Lipinski definition) is 2. The second-order valence-electron chi connectivity index (χ2n) is 4.93. The molecule has 6 nitrogen and oxygen atoms in total. The summed E-state index contributed by atoms with van der Waals surface area (Å²) >= 11 is 0. The van der Waals surface area contributed by atoms with Crippen molar-refractivity contribution in [3.05, 3.63) is 53.6 Å². The number of tetrazole rings is 1. The Hall–Kier alpha value is -2.89. The van der Waals surface area contributed by atoms with Crippen LogP contribution in [0.3, 0.4) is 0 Å². The van der Waals surface area contributed by atoms with Crippen LogP contribution < -0.4 is 11.5 Å². The lowest BCUT2D eigenvalue weighted by atomic mass is 10.1. The quantitative estimate of drug-likeness (QED) is 0.714. The molecule has 0 radical (unpaired) electrons. The molecule has 0 unspecified atom stereocenters. The van der Waals surface area contributed by atoms with E-state index in [0.717, 1.165) is 5.56 Å². The molecule has 4 N–H and O–H groups in total. The predicted molar refractivity (Wildman–Crippen MR) is 82.4 cm³/mol. The summed E-state index contributed by atoms with van der Waals surface area (Å²) in [5.74, 6) is 0.635. The molecule has 0 aliphatic rings. The standard InChI is InChI=1S/C15H16N6/c1-10-4-2-3-5-11(10)9-21-15(18-19-20-21)13-7-6-12(16)8-14(13)17/h2-8H,9,16-17H2,1H3. The monoisotopic (exact) mass is 280 g/mol. The fourth-order valence-corrected chi connectivity index (χ4v) is 2.24. The molecule has 0 saturated carbocycles. The molecule has 0 bridgehead atoms. The summed E-state index contributed by atoms with van der Waals surface area (Å²) in [6, 6.07) is 13.5. The molecule has 0 fully saturated rings. The first kappa shape index (κ1) is 13.1. The van der Waals surface area contributed by atoms with E-state index in [9.17, 15) is 0 Å². The number of anilines is 2. The third-order valence-electron chi connectivity index (χ3n) is 3.43. The third kappa shape index (κ3) is 2.55. The van der Waals surface area contributed by atoms with Crippen LogP contribution in [0.5, 0.6) is 0 Å². The first-order valence-corrected chi connectivity index (χ1v) is 6.61. The van der Waals surface area contributed by atoms with Crippen molar-refractivity contribution in [1.82, 2.24) is 20.2 Å². The average Bonchev–Trinajstić information content (AvgIpc) is 2.89. The van der Waals surface area contributed by atoms with E-state index in [1.165, 1.54) is 11.1 Å². The van der Waals surface area contributed by atoms with Gasteiger partial charge in [-0.05, 0) is 46.7 Å². The van der Waals surface area contributed by atoms with Crippen molar-refractivity contribution >= 4 is 11.4 Å². The van der Waals surface area contributed by atoms with Crippen LogP contribution in [-0.4, -0.2) is 20.2 Å². The molecule has 1 heterocycles. The Labute approximate surface area is 122 Å². The molecule has 0 amide bonds.